The minimum Gasteiger partial charge on any atom is -0.350 e. The van der Waals surface area contributed by atoms with E-state index in [1.807, 2.05) is 5.38 Å². The van der Waals surface area contributed by atoms with Gasteiger partial charge in [-0.3, -0.25) is 4.79 Å². The van der Waals surface area contributed by atoms with Gasteiger partial charge in [-0.1, -0.05) is 19.9 Å². The minimum atomic E-state index is -3.42. The van der Waals surface area contributed by atoms with Crippen molar-refractivity contribution in [3.63, 3.8) is 0 Å². The van der Waals surface area contributed by atoms with Crippen molar-refractivity contribution in [3.8, 4) is 0 Å². The van der Waals surface area contributed by atoms with Crippen LogP contribution in [0.2, 0.25) is 0 Å². The van der Waals surface area contributed by atoms with E-state index in [0.717, 1.165) is 10.7 Å². The summed E-state index contributed by atoms with van der Waals surface area (Å²) in [6.45, 7) is 5.38. The third kappa shape index (κ3) is 4.33. The number of nitrogens with one attached hydrogen (secondary N) is 1. The molecule has 9 heteroatoms. The summed E-state index contributed by atoms with van der Waals surface area (Å²) in [4.78, 5) is 16.9. The summed E-state index contributed by atoms with van der Waals surface area (Å²) in [5.41, 5.74) is 0.879. The standard InChI is InChI=1S/C17H23N3O3S3/c1-12(2)17-19-14(11-25-17)10-18-16(21)13-5-7-20(8-6-13)26(22,23)15-4-3-9-24-15/h3-4,9,11-13H,5-8,10H2,1-2H3,(H,18,21). The Balaban J connectivity index is 1.50. The molecule has 3 heterocycles. The van der Waals surface area contributed by atoms with Gasteiger partial charge in [-0.15, -0.1) is 22.7 Å². The molecule has 26 heavy (non-hydrogen) atoms. The van der Waals surface area contributed by atoms with E-state index in [1.54, 1.807) is 28.8 Å². The van der Waals surface area contributed by atoms with Gasteiger partial charge in [-0.25, -0.2) is 13.4 Å². The third-order valence-electron chi connectivity index (χ3n) is 4.42. The SMILES string of the molecule is CC(C)c1nc(CNC(=O)C2CCN(S(=O)(=O)c3cccs3)CC2)cs1. The second kappa shape index (κ2) is 8.16. The predicted molar refractivity (Wildman–Crippen MR) is 104 cm³/mol. The highest BCUT2D eigenvalue weighted by Crippen LogP contribution is 2.26. The number of piperidine rings is 1. The van der Waals surface area contributed by atoms with Crippen molar-refractivity contribution in [3.05, 3.63) is 33.6 Å². The fourth-order valence-corrected chi connectivity index (χ4v) is 6.34. The van der Waals surface area contributed by atoms with Gasteiger partial charge in [0.15, 0.2) is 0 Å². The summed E-state index contributed by atoms with van der Waals surface area (Å²) in [7, 11) is -3.42. The summed E-state index contributed by atoms with van der Waals surface area (Å²) in [5, 5.41) is 7.75. The van der Waals surface area contributed by atoms with E-state index in [2.05, 4.69) is 24.1 Å². The summed E-state index contributed by atoms with van der Waals surface area (Å²) in [5.74, 6) is 0.226. The van der Waals surface area contributed by atoms with E-state index in [-0.39, 0.29) is 11.8 Å². The summed E-state index contributed by atoms with van der Waals surface area (Å²) >= 11 is 2.84. The molecule has 6 nitrogen and oxygen atoms in total. The van der Waals surface area contributed by atoms with E-state index in [1.165, 1.54) is 15.6 Å². The zero-order chi connectivity index (χ0) is 18.7. The summed E-state index contributed by atoms with van der Waals surface area (Å²) in [6.07, 6.45) is 1.09. The van der Waals surface area contributed by atoms with Crippen LogP contribution in [0.25, 0.3) is 0 Å². The number of nitrogens with zero attached hydrogens (tertiary/aromatic N) is 2. The summed E-state index contributed by atoms with van der Waals surface area (Å²) in [6, 6.07) is 3.36. The molecule has 0 spiro atoms. The zero-order valence-corrected chi connectivity index (χ0v) is 17.3. The molecule has 1 fully saturated rings. The minimum absolute atomic E-state index is 0.0164. The molecule has 2 aromatic rings. The lowest BCUT2D eigenvalue weighted by molar-refractivity contribution is -0.126. The molecule has 0 unspecified atom stereocenters. The molecule has 0 aliphatic carbocycles. The smallest absolute Gasteiger partial charge is 0.252 e. The number of amides is 1. The van der Waals surface area contributed by atoms with Gasteiger partial charge in [-0.2, -0.15) is 4.31 Å². The lowest BCUT2D eigenvalue weighted by Crippen LogP contribution is -2.42. The van der Waals surface area contributed by atoms with Crippen LogP contribution in [-0.4, -0.2) is 36.7 Å². The fourth-order valence-electron chi connectivity index (χ4n) is 2.89. The number of hydrogen-bond donors (Lipinski definition) is 1. The van der Waals surface area contributed by atoms with Crippen molar-refractivity contribution < 1.29 is 13.2 Å². The van der Waals surface area contributed by atoms with Crippen LogP contribution in [0.5, 0.6) is 0 Å². The van der Waals surface area contributed by atoms with Crippen molar-refractivity contribution in [2.45, 2.75) is 43.4 Å². The zero-order valence-electron chi connectivity index (χ0n) is 14.8. The van der Waals surface area contributed by atoms with Gasteiger partial charge in [0.2, 0.25) is 5.91 Å². The van der Waals surface area contributed by atoms with E-state index >= 15 is 0 Å². The molecular formula is C17H23N3O3S3. The van der Waals surface area contributed by atoms with Gasteiger partial charge in [-0.05, 0) is 24.3 Å². The van der Waals surface area contributed by atoms with E-state index < -0.39 is 10.0 Å². The van der Waals surface area contributed by atoms with Crippen LogP contribution in [0.1, 0.15) is 43.3 Å². The van der Waals surface area contributed by atoms with Gasteiger partial charge >= 0.3 is 0 Å². The van der Waals surface area contributed by atoms with E-state index in [9.17, 15) is 13.2 Å². The Hall–Kier alpha value is -1.29. The van der Waals surface area contributed by atoms with Crippen LogP contribution in [0.3, 0.4) is 0 Å². The van der Waals surface area contributed by atoms with Crippen molar-refractivity contribution in [2.24, 2.45) is 5.92 Å². The molecule has 1 aliphatic heterocycles. The Bertz CT molecular complexity index is 836. The highest BCUT2D eigenvalue weighted by atomic mass is 32.2. The molecule has 0 bridgehead atoms. The van der Waals surface area contributed by atoms with Gasteiger partial charge in [0, 0.05) is 30.3 Å². The molecule has 0 saturated carbocycles. The van der Waals surface area contributed by atoms with Crippen molar-refractivity contribution in [1.82, 2.24) is 14.6 Å². The molecule has 142 valence electrons. The molecule has 1 N–H and O–H groups in total. The molecule has 2 aromatic heterocycles. The first-order valence-corrected chi connectivity index (χ1v) is 11.8. The van der Waals surface area contributed by atoms with Crippen LogP contribution in [-0.2, 0) is 21.4 Å². The Morgan fingerprint density at radius 1 is 1.35 bits per heavy atom. The Kier molecular flexibility index (Phi) is 6.11. The van der Waals surface area contributed by atoms with Gasteiger partial charge in [0.25, 0.3) is 10.0 Å². The average Bonchev–Trinajstić information content (AvgIpc) is 3.31. The molecule has 0 atom stereocenters. The number of sulfonamides is 1. The molecule has 1 amide bonds. The molecule has 0 aromatic carbocycles. The van der Waals surface area contributed by atoms with Gasteiger partial charge in [0.05, 0.1) is 17.2 Å². The van der Waals surface area contributed by atoms with Crippen molar-refractivity contribution in [2.75, 3.05) is 13.1 Å². The van der Waals surface area contributed by atoms with E-state index in [4.69, 9.17) is 0 Å². The van der Waals surface area contributed by atoms with Gasteiger partial charge < -0.3 is 5.32 Å². The maximum atomic E-state index is 12.5. The number of aromatic nitrogens is 1. The first kappa shape index (κ1) is 19.5. The van der Waals surface area contributed by atoms with Crippen molar-refractivity contribution in [1.29, 1.82) is 0 Å². The number of carbonyl (C=O) groups excluding carboxylic acids is 1. The van der Waals surface area contributed by atoms with Crippen LogP contribution >= 0.6 is 22.7 Å². The number of hydrogen-bond acceptors (Lipinski definition) is 6. The van der Waals surface area contributed by atoms with Crippen LogP contribution in [0.15, 0.2) is 27.1 Å². The largest absolute Gasteiger partial charge is 0.350 e. The van der Waals surface area contributed by atoms with E-state index in [0.29, 0.717) is 42.6 Å². The Morgan fingerprint density at radius 2 is 2.08 bits per heavy atom. The first-order valence-electron chi connectivity index (χ1n) is 8.63. The second-order valence-electron chi connectivity index (χ2n) is 6.66. The molecule has 0 radical (unpaired) electrons. The molecule has 3 rings (SSSR count). The maximum absolute atomic E-state index is 12.5. The molecule has 1 aliphatic rings. The van der Waals surface area contributed by atoms with Crippen LogP contribution in [0, 0.1) is 5.92 Å². The lowest BCUT2D eigenvalue weighted by Gasteiger charge is -2.30. The topological polar surface area (TPSA) is 79.4 Å². The molecule has 1 saturated heterocycles. The van der Waals surface area contributed by atoms with Crippen molar-refractivity contribution >= 4 is 38.6 Å². The Morgan fingerprint density at radius 3 is 2.65 bits per heavy atom. The van der Waals surface area contributed by atoms with Crippen LogP contribution in [0.4, 0.5) is 0 Å². The normalized spacial score (nSPS) is 16.9. The first-order chi connectivity index (χ1) is 12.4. The third-order valence-corrected chi connectivity index (χ3v) is 8.89. The maximum Gasteiger partial charge on any atom is 0.252 e. The summed E-state index contributed by atoms with van der Waals surface area (Å²) < 4.78 is 26.9. The number of rotatable bonds is 6. The number of thiazole rings is 1. The average molecular weight is 414 g/mol. The molecular weight excluding hydrogens is 390 g/mol. The fraction of sp³-hybridized carbons (Fsp3) is 0.529. The highest BCUT2D eigenvalue weighted by Gasteiger charge is 2.32. The number of thiophene rings is 1. The van der Waals surface area contributed by atoms with Crippen LogP contribution < -0.4 is 5.32 Å². The highest BCUT2D eigenvalue weighted by molar-refractivity contribution is 7.91. The lowest BCUT2D eigenvalue weighted by atomic mass is 9.97. The quantitative estimate of drug-likeness (QED) is 0.789. The Labute approximate surface area is 162 Å². The predicted octanol–water partition coefficient (Wildman–Crippen LogP) is 3.05. The second-order valence-corrected chi connectivity index (χ2v) is 10.7. The number of carbonyl (C=O) groups is 1. The monoisotopic (exact) mass is 413 g/mol. The van der Waals surface area contributed by atoms with Gasteiger partial charge in [0.1, 0.15) is 4.21 Å².